The first-order valence-electron chi connectivity index (χ1n) is 12.6. The summed E-state index contributed by atoms with van der Waals surface area (Å²) >= 11 is 0. The summed E-state index contributed by atoms with van der Waals surface area (Å²) in [6.45, 7) is 2.36. The van der Waals surface area contributed by atoms with Crippen LogP contribution in [-0.2, 0) is 12.7 Å². The third-order valence-corrected chi connectivity index (χ3v) is 7.64. The summed E-state index contributed by atoms with van der Waals surface area (Å²) in [5.74, 6) is 0.312. The highest BCUT2D eigenvalue weighted by molar-refractivity contribution is 5.90. The van der Waals surface area contributed by atoms with Crippen molar-refractivity contribution in [3.05, 3.63) is 47.0 Å². The fourth-order valence-corrected chi connectivity index (χ4v) is 5.34. The van der Waals surface area contributed by atoms with Crippen LogP contribution in [0.2, 0.25) is 0 Å². The van der Waals surface area contributed by atoms with E-state index in [-0.39, 0.29) is 17.8 Å². The second-order valence-electron chi connectivity index (χ2n) is 10.1. The molecule has 5 rings (SSSR count). The van der Waals surface area contributed by atoms with Gasteiger partial charge in [0.25, 0.3) is 0 Å². The Labute approximate surface area is 207 Å². The highest BCUT2D eigenvalue weighted by Gasteiger charge is 2.31. The number of anilines is 1. The molecule has 10 heteroatoms. The summed E-state index contributed by atoms with van der Waals surface area (Å²) in [6, 6.07) is 5.23. The lowest BCUT2D eigenvalue weighted by atomic mass is 9.80. The molecule has 0 saturated heterocycles. The number of nitrogens with one attached hydrogen (secondary N) is 1. The van der Waals surface area contributed by atoms with Gasteiger partial charge in [0.1, 0.15) is 11.3 Å². The molecule has 2 fully saturated rings. The van der Waals surface area contributed by atoms with E-state index in [9.17, 15) is 23.1 Å². The molecule has 0 radical (unpaired) electrons. The van der Waals surface area contributed by atoms with Gasteiger partial charge in [0.15, 0.2) is 11.5 Å². The molecule has 0 spiro atoms. The number of aromatic nitrogens is 4. The Hall–Kier alpha value is -3.17. The Kier molecular flexibility index (Phi) is 6.61. The lowest BCUT2D eigenvalue weighted by Gasteiger charge is -2.32. The van der Waals surface area contributed by atoms with Gasteiger partial charge < -0.3 is 15.0 Å². The van der Waals surface area contributed by atoms with Crippen LogP contribution in [0.5, 0.6) is 0 Å². The Morgan fingerprint density at radius 1 is 1.06 bits per heavy atom. The van der Waals surface area contributed by atoms with Gasteiger partial charge in [0.2, 0.25) is 5.82 Å². The number of carboxylic acid groups (broad SMARTS) is 1. The number of nitrogens with zero attached hydrogens (tertiary/aromatic N) is 4. The summed E-state index contributed by atoms with van der Waals surface area (Å²) in [5, 5.41) is 13.1. The Balaban J connectivity index is 1.61. The summed E-state index contributed by atoms with van der Waals surface area (Å²) < 4.78 is 41.3. The van der Waals surface area contributed by atoms with Crippen LogP contribution in [0.25, 0.3) is 11.2 Å². The first kappa shape index (κ1) is 24.5. The molecule has 2 aliphatic rings. The number of alkyl halides is 3. The van der Waals surface area contributed by atoms with Gasteiger partial charge in [-0.05, 0) is 56.2 Å². The predicted octanol–water partition coefficient (Wildman–Crippen LogP) is 6.24. The first-order valence-corrected chi connectivity index (χ1v) is 12.6. The van der Waals surface area contributed by atoms with Crippen molar-refractivity contribution in [3.8, 4) is 0 Å². The number of rotatable bonds is 7. The van der Waals surface area contributed by atoms with Crippen LogP contribution < -0.4 is 5.32 Å². The van der Waals surface area contributed by atoms with E-state index < -0.39 is 17.7 Å². The van der Waals surface area contributed by atoms with Crippen LogP contribution in [0.15, 0.2) is 24.3 Å². The van der Waals surface area contributed by atoms with Gasteiger partial charge in [-0.1, -0.05) is 37.8 Å². The standard InChI is InChI=1S/C26H30F3N5O2/c1-15(17-8-5-9-17)30-21-20-22(32-23(31-21)25(35)36)33-24(18-6-3-2-4-7-18)34(20)14-16-10-12-19(13-11-16)26(27,28)29/h10-13,15,17-18H,2-9,14H2,1H3,(H,35,36)(H,30,31,32). The van der Waals surface area contributed by atoms with Crippen molar-refractivity contribution in [3.63, 3.8) is 0 Å². The summed E-state index contributed by atoms with van der Waals surface area (Å²) in [5.41, 5.74) is 0.907. The zero-order chi connectivity index (χ0) is 25.4. The van der Waals surface area contributed by atoms with E-state index in [1.807, 2.05) is 4.57 Å². The van der Waals surface area contributed by atoms with Crippen molar-refractivity contribution in [2.45, 2.75) is 83.0 Å². The number of fused-ring (bicyclic) bond motifs is 1. The van der Waals surface area contributed by atoms with E-state index >= 15 is 0 Å². The number of benzene rings is 1. The van der Waals surface area contributed by atoms with Crippen molar-refractivity contribution in [1.29, 1.82) is 0 Å². The maximum absolute atomic E-state index is 13.1. The lowest BCUT2D eigenvalue weighted by Crippen LogP contribution is -2.31. The predicted molar refractivity (Wildman–Crippen MR) is 129 cm³/mol. The van der Waals surface area contributed by atoms with Gasteiger partial charge in [-0.25, -0.2) is 19.7 Å². The number of hydrogen-bond acceptors (Lipinski definition) is 5. The van der Waals surface area contributed by atoms with Crippen LogP contribution in [0.3, 0.4) is 0 Å². The molecule has 2 aliphatic carbocycles. The minimum atomic E-state index is -4.40. The molecule has 2 saturated carbocycles. The van der Waals surface area contributed by atoms with Crippen LogP contribution in [0, 0.1) is 5.92 Å². The number of halogens is 3. The van der Waals surface area contributed by atoms with Crippen LogP contribution in [0.1, 0.15) is 91.8 Å². The molecule has 0 aliphatic heterocycles. The maximum Gasteiger partial charge on any atom is 0.416 e. The second-order valence-corrected chi connectivity index (χ2v) is 10.1. The van der Waals surface area contributed by atoms with Gasteiger partial charge >= 0.3 is 12.1 Å². The maximum atomic E-state index is 13.1. The van der Waals surface area contributed by atoms with Gasteiger partial charge in [-0.2, -0.15) is 13.2 Å². The molecule has 1 unspecified atom stereocenters. The molecule has 3 aromatic rings. The summed E-state index contributed by atoms with van der Waals surface area (Å²) in [7, 11) is 0. The number of carboxylic acids is 1. The first-order chi connectivity index (χ1) is 17.2. The molecule has 1 atom stereocenters. The SMILES string of the molecule is CC(Nc1nc(C(=O)O)nc2nc(C3CCCCC3)n(Cc3ccc(C(F)(F)F)cc3)c12)C1CCC1. The third-order valence-electron chi connectivity index (χ3n) is 7.64. The molecule has 7 nitrogen and oxygen atoms in total. The smallest absolute Gasteiger partial charge is 0.416 e. The molecule has 2 heterocycles. The van der Waals surface area contributed by atoms with Crippen LogP contribution in [-0.4, -0.2) is 36.6 Å². The number of aromatic carboxylic acids is 1. The van der Waals surface area contributed by atoms with E-state index in [1.54, 1.807) is 0 Å². The zero-order valence-corrected chi connectivity index (χ0v) is 20.2. The van der Waals surface area contributed by atoms with Crippen molar-refractivity contribution in [1.82, 2.24) is 19.5 Å². The molecule has 0 amide bonds. The van der Waals surface area contributed by atoms with Gasteiger partial charge in [-0.15, -0.1) is 0 Å². The average molecular weight is 502 g/mol. The fourth-order valence-electron chi connectivity index (χ4n) is 5.34. The zero-order valence-electron chi connectivity index (χ0n) is 20.2. The van der Waals surface area contributed by atoms with Crippen molar-refractivity contribution in [2.75, 3.05) is 5.32 Å². The number of imidazole rings is 1. The quantitative estimate of drug-likeness (QED) is 0.398. The number of hydrogen-bond donors (Lipinski definition) is 2. The average Bonchev–Trinajstić information content (AvgIpc) is 3.16. The molecule has 192 valence electrons. The minimum Gasteiger partial charge on any atom is -0.475 e. The van der Waals surface area contributed by atoms with E-state index in [0.29, 0.717) is 35.0 Å². The van der Waals surface area contributed by atoms with Crippen molar-refractivity contribution < 1.29 is 23.1 Å². The van der Waals surface area contributed by atoms with Crippen LogP contribution >= 0.6 is 0 Å². The second kappa shape index (κ2) is 9.71. The minimum absolute atomic E-state index is 0.0889. The van der Waals surface area contributed by atoms with Crippen LogP contribution in [0.4, 0.5) is 19.0 Å². The van der Waals surface area contributed by atoms with Crippen molar-refractivity contribution >= 4 is 23.0 Å². The molecule has 2 N–H and O–H groups in total. The molecule has 2 aromatic heterocycles. The molecule has 1 aromatic carbocycles. The summed E-state index contributed by atoms with van der Waals surface area (Å²) in [4.78, 5) is 25.2. The monoisotopic (exact) mass is 501 g/mol. The Bertz CT molecular complexity index is 1250. The van der Waals surface area contributed by atoms with Gasteiger partial charge in [-0.3, -0.25) is 0 Å². The normalized spacial score (nSPS) is 18.2. The van der Waals surface area contributed by atoms with Gasteiger partial charge in [0.05, 0.1) is 5.56 Å². The molecular formula is C26H30F3N5O2. The topological polar surface area (TPSA) is 92.9 Å². The molecular weight excluding hydrogens is 471 g/mol. The Morgan fingerprint density at radius 2 is 1.75 bits per heavy atom. The molecule has 36 heavy (non-hydrogen) atoms. The fraction of sp³-hybridized carbons (Fsp3) is 0.538. The molecule has 0 bridgehead atoms. The van der Waals surface area contributed by atoms with Crippen molar-refractivity contribution in [2.24, 2.45) is 5.92 Å². The highest BCUT2D eigenvalue weighted by atomic mass is 19.4. The number of carbonyl (C=O) groups is 1. The summed E-state index contributed by atoms with van der Waals surface area (Å²) in [6.07, 6.45) is 4.20. The van der Waals surface area contributed by atoms with E-state index in [2.05, 4.69) is 22.2 Å². The van der Waals surface area contributed by atoms with Gasteiger partial charge in [0, 0.05) is 18.5 Å². The Morgan fingerprint density at radius 3 is 2.33 bits per heavy atom. The lowest BCUT2D eigenvalue weighted by molar-refractivity contribution is -0.137. The highest BCUT2D eigenvalue weighted by Crippen LogP contribution is 2.37. The van der Waals surface area contributed by atoms with E-state index in [0.717, 1.165) is 62.9 Å². The van der Waals surface area contributed by atoms with E-state index in [4.69, 9.17) is 4.98 Å². The largest absolute Gasteiger partial charge is 0.475 e. The third kappa shape index (κ3) is 4.90. The van der Waals surface area contributed by atoms with E-state index in [1.165, 1.54) is 18.6 Å².